The number of ether oxygens (including phenoxy) is 6. The van der Waals surface area contributed by atoms with Crippen LogP contribution in [0.25, 0.3) is 0 Å². The van der Waals surface area contributed by atoms with Gasteiger partial charge in [0.05, 0.1) is 38.6 Å². The summed E-state index contributed by atoms with van der Waals surface area (Å²) in [6.07, 6.45) is 9.53. The Hall–Kier alpha value is -2.51. The first-order chi connectivity index (χ1) is 33.8. The average molecular weight is 1000 g/mol. The summed E-state index contributed by atoms with van der Waals surface area (Å²) >= 11 is 0. The van der Waals surface area contributed by atoms with Crippen LogP contribution in [-0.4, -0.2) is 193 Å². The molecular formula is C51H87NO18. The molecule has 19 heteroatoms. The lowest BCUT2D eigenvalue weighted by Gasteiger charge is -2.48. The van der Waals surface area contributed by atoms with Crippen LogP contribution in [-0.2, 0) is 33.2 Å². The van der Waals surface area contributed by atoms with Crippen molar-refractivity contribution in [1.29, 1.82) is 0 Å². The van der Waals surface area contributed by atoms with Gasteiger partial charge in [-0.3, -0.25) is 4.79 Å². The van der Waals surface area contributed by atoms with E-state index in [1.807, 2.05) is 6.08 Å². The number of allylic oxidation sites excluding steroid dienone is 9. The van der Waals surface area contributed by atoms with Gasteiger partial charge in [0.1, 0.15) is 73.2 Å². The fourth-order valence-electron chi connectivity index (χ4n) is 8.30. The second-order valence-corrected chi connectivity index (χ2v) is 18.2. The molecule has 3 aliphatic rings. The summed E-state index contributed by atoms with van der Waals surface area (Å²) in [4.78, 5) is 13.2. The molecule has 3 rings (SSSR count). The van der Waals surface area contributed by atoms with Crippen molar-refractivity contribution in [2.45, 2.75) is 227 Å². The largest absolute Gasteiger partial charge is 0.394 e. The number of carbonyl (C=O) groups is 1. The predicted octanol–water partition coefficient (Wildman–Crippen LogP) is 1.75. The highest BCUT2D eigenvalue weighted by molar-refractivity contribution is 5.76. The van der Waals surface area contributed by atoms with Crippen molar-refractivity contribution >= 4 is 5.91 Å². The Morgan fingerprint density at radius 3 is 1.54 bits per heavy atom. The Morgan fingerprint density at radius 1 is 0.529 bits per heavy atom. The second kappa shape index (κ2) is 35.6. The highest BCUT2D eigenvalue weighted by atomic mass is 16.8. The Morgan fingerprint density at radius 2 is 0.986 bits per heavy atom. The normalized spacial score (nSPS) is 33.1. The summed E-state index contributed by atoms with van der Waals surface area (Å²) in [5.41, 5.74) is 0. The lowest BCUT2D eigenvalue weighted by Crippen LogP contribution is -2.66. The maximum Gasteiger partial charge on any atom is 0.220 e. The zero-order chi connectivity index (χ0) is 51.3. The molecule has 404 valence electrons. The first-order valence-corrected chi connectivity index (χ1v) is 25.5. The third-order valence-electron chi connectivity index (χ3n) is 12.6. The number of unbranched alkanes of at least 4 members (excludes halogenated alkanes) is 10. The summed E-state index contributed by atoms with van der Waals surface area (Å²) in [5.74, 6) is -0.323. The van der Waals surface area contributed by atoms with Crippen LogP contribution in [0.1, 0.15) is 123 Å². The number of hydrogen-bond acceptors (Lipinski definition) is 18. The van der Waals surface area contributed by atoms with Gasteiger partial charge in [0.2, 0.25) is 5.91 Å². The Balaban J connectivity index is 1.58. The number of carbonyl (C=O) groups excluding carboxylic acids is 1. The first kappa shape index (κ1) is 61.8. The van der Waals surface area contributed by atoms with Gasteiger partial charge in [-0.1, -0.05) is 120 Å². The van der Waals surface area contributed by atoms with E-state index in [1.165, 1.54) is 32.1 Å². The maximum atomic E-state index is 13.2. The SMILES string of the molecule is CC/C=C\C/C=C\C/C=C\C/C=C\CCCCC(=O)NC(COC1OC(CO)C(OC2OC(CO)C(OC3OC(CO)C(O)C(O)C3O)C(O)C2O)C(O)C1O)C(O)/C=C/CCCCCCCCCC. The molecule has 1 amide bonds. The van der Waals surface area contributed by atoms with Crippen LogP contribution in [0.5, 0.6) is 0 Å². The molecule has 0 aliphatic carbocycles. The molecular weight excluding hydrogens is 915 g/mol. The highest BCUT2D eigenvalue weighted by Gasteiger charge is 2.53. The Labute approximate surface area is 414 Å². The van der Waals surface area contributed by atoms with E-state index in [0.29, 0.717) is 6.42 Å². The summed E-state index contributed by atoms with van der Waals surface area (Å²) in [6, 6.07) is -0.994. The summed E-state index contributed by atoms with van der Waals surface area (Å²) in [5, 5.41) is 119. The molecule has 12 N–H and O–H groups in total. The smallest absolute Gasteiger partial charge is 0.220 e. The summed E-state index contributed by atoms with van der Waals surface area (Å²) < 4.78 is 34.0. The second-order valence-electron chi connectivity index (χ2n) is 18.2. The minimum Gasteiger partial charge on any atom is -0.394 e. The van der Waals surface area contributed by atoms with Crippen molar-refractivity contribution in [2.24, 2.45) is 0 Å². The van der Waals surface area contributed by atoms with Gasteiger partial charge in [-0.15, -0.1) is 0 Å². The van der Waals surface area contributed by atoms with E-state index in [0.717, 1.165) is 64.2 Å². The fraction of sp³-hybridized carbons (Fsp3) is 0.784. The number of aliphatic hydroxyl groups is 11. The Bertz CT molecular complexity index is 1530. The molecule has 17 unspecified atom stereocenters. The molecule has 0 aromatic rings. The summed E-state index contributed by atoms with van der Waals surface area (Å²) in [6.45, 7) is 1.49. The van der Waals surface area contributed by atoms with Crippen molar-refractivity contribution in [3.05, 3.63) is 60.8 Å². The topological polar surface area (TPSA) is 307 Å². The van der Waals surface area contributed by atoms with Crippen LogP contribution in [0.3, 0.4) is 0 Å². The van der Waals surface area contributed by atoms with Crippen molar-refractivity contribution in [2.75, 3.05) is 26.4 Å². The van der Waals surface area contributed by atoms with Crippen molar-refractivity contribution in [3.8, 4) is 0 Å². The van der Waals surface area contributed by atoms with Gasteiger partial charge in [-0.25, -0.2) is 0 Å². The van der Waals surface area contributed by atoms with E-state index in [4.69, 9.17) is 28.4 Å². The van der Waals surface area contributed by atoms with Gasteiger partial charge in [-0.2, -0.15) is 0 Å². The molecule has 0 aromatic carbocycles. The molecule has 3 heterocycles. The van der Waals surface area contributed by atoms with Gasteiger partial charge in [0.25, 0.3) is 0 Å². The van der Waals surface area contributed by atoms with E-state index in [-0.39, 0.29) is 18.9 Å². The van der Waals surface area contributed by atoms with Crippen LogP contribution >= 0.6 is 0 Å². The molecule has 0 saturated carbocycles. The van der Waals surface area contributed by atoms with Gasteiger partial charge in [-0.05, 0) is 57.8 Å². The van der Waals surface area contributed by atoms with Crippen LogP contribution < -0.4 is 5.32 Å². The monoisotopic (exact) mass is 1000 g/mol. The molecule has 17 atom stereocenters. The summed E-state index contributed by atoms with van der Waals surface area (Å²) in [7, 11) is 0. The molecule has 0 radical (unpaired) electrons. The highest BCUT2D eigenvalue weighted by Crippen LogP contribution is 2.33. The van der Waals surface area contributed by atoms with Crippen LogP contribution in [0.4, 0.5) is 0 Å². The minimum atomic E-state index is -1.98. The molecule has 70 heavy (non-hydrogen) atoms. The van der Waals surface area contributed by atoms with Gasteiger partial charge in [0.15, 0.2) is 18.9 Å². The van der Waals surface area contributed by atoms with Gasteiger partial charge >= 0.3 is 0 Å². The number of aliphatic hydroxyl groups excluding tert-OH is 11. The predicted molar refractivity (Wildman–Crippen MR) is 258 cm³/mol. The third kappa shape index (κ3) is 21.1. The molecule has 0 bridgehead atoms. The lowest BCUT2D eigenvalue weighted by molar-refractivity contribution is -0.379. The zero-order valence-corrected chi connectivity index (χ0v) is 41.2. The molecule has 19 nitrogen and oxygen atoms in total. The van der Waals surface area contributed by atoms with Crippen molar-refractivity contribution in [1.82, 2.24) is 5.32 Å². The van der Waals surface area contributed by atoms with Crippen molar-refractivity contribution < 1.29 is 89.4 Å². The maximum absolute atomic E-state index is 13.2. The quantitative estimate of drug-likeness (QED) is 0.0323. The Kier molecular flexibility index (Phi) is 31.4. The molecule has 3 saturated heterocycles. The van der Waals surface area contributed by atoms with E-state index in [9.17, 15) is 61.0 Å². The first-order valence-electron chi connectivity index (χ1n) is 25.5. The van der Waals surface area contributed by atoms with E-state index in [1.54, 1.807) is 6.08 Å². The zero-order valence-electron chi connectivity index (χ0n) is 41.2. The molecule has 3 aliphatic heterocycles. The standard InChI is InChI=1S/C51H87NO18/c1-3-5-7-9-11-13-15-16-17-18-19-21-23-25-27-29-39(57)52-34(35(56)28-26-24-22-20-14-12-10-8-6-4-2)33-65-49-45(63)42(60)47(37(31-54)67-49)70-51-46(64)43(61)48(38(32-55)68-51)69-50-44(62)41(59)40(58)36(30-53)66-50/h5,7,11,13,16-17,19,21,26,28,34-38,40-51,53-56,58-64H,3-4,6,8-10,12,14-15,18,20,22-25,27,29-33H2,1-2H3,(H,52,57)/b7-5-,13-11-,17-16-,21-19-,28-26+. The van der Waals surface area contributed by atoms with Crippen LogP contribution in [0.15, 0.2) is 60.8 Å². The molecule has 3 fully saturated rings. The molecule has 0 aromatic heterocycles. The number of hydrogen-bond donors (Lipinski definition) is 12. The van der Waals surface area contributed by atoms with E-state index in [2.05, 4.69) is 67.8 Å². The van der Waals surface area contributed by atoms with Gasteiger partial charge in [0, 0.05) is 6.42 Å². The number of rotatable bonds is 34. The van der Waals surface area contributed by atoms with E-state index < -0.39 is 124 Å². The lowest BCUT2D eigenvalue weighted by atomic mass is 9.96. The average Bonchev–Trinajstić information content (AvgIpc) is 3.35. The van der Waals surface area contributed by atoms with Crippen LogP contribution in [0.2, 0.25) is 0 Å². The van der Waals surface area contributed by atoms with Crippen LogP contribution in [0, 0.1) is 0 Å². The fourth-order valence-corrected chi connectivity index (χ4v) is 8.30. The number of nitrogens with one attached hydrogen (secondary N) is 1. The van der Waals surface area contributed by atoms with Gasteiger partial charge < -0.3 is 89.9 Å². The van der Waals surface area contributed by atoms with E-state index >= 15 is 0 Å². The number of amides is 1. The molecule has 0 spiro atoms. The third-order valence-corrected chi connectivity index (χ3v) is 12.6. The minimum absolute atomic E-state index is 0.188. The van der Waals surface area contributed by atoms with Crippen molar-refractivity contribution in [3.63, 3.8) is 0 Å².